The minimum Gasteiger partial charge on any atom is -0.338 e. The standard InChI is InChI=1S/C14H15N5O/c1-8-16-11-6-9(14-17-13(7-15)20-18-14)2-5-12(11)19(8)10-3-4-10/h2,5-6,10H,3-4,7,15H2,1H3. The van der Waals surface area contributed by atoms with Crippen LogP contribution in [0.1, 0.15) is 30.6 Å². The zero-order chi connectivity index (χ0) is 13.7. The van der Waals surface area contributed by atoms with Gasteiger partial charge in [0.15, 0.2) is 0 Å². The highest BCUT2D eigenvalue weighted by Gasteiger charge is 2.27. The lowest BCUT2D eigenvalue weighted by Gasteiger charge is -2.03. The van der Waals surface area contributed by atoms with Crippen LogP contribution in [0.2, 0.25) is 0 Å². The van der Waals surface area contributed by atoms with Crippen LogP contribution >= 0.6 is 0 Å². The summed E-state index contributed by atoms with van der Waals surface area (Å²) in [5.74, 6) is 2.07. The van der Waals surface area contributed by atoms with Crippen LogP contribution in [-0.2, 0) is 6.54 Å². The predicted molar refractivity (Wildman–Crippen MR) is 73.9 cm³/mol. The maximum Gasteiger partial charge on any atom is 0.240 e. The molecule has 4 rings (SSSR count). The Bertz CT molecular complexity index is 784. The number of rotatable bonds is 3. The third-order valence-corrected chi connectivity index (χ3v) is 3.68. The predicted octanol–water partition coefficient (Wildman–Crippen LogP) is 2.19. The summed E-state index contributed by atoms with van der Waals surface area (Å²) in [5, 5.41) is 3.94. The van der Waals surface area contributed by atoms with E-state index < -0.39 is 0 Å². The molecule has 0 aliphatic heterocycles. The number of hydrogen-bond acceptors (Lipinski definition) is 5. The summed E-state index contributed by atoms with van der Waals surface area (Å²) in [6.45, 7) is 2.31. The van der Waals surface area contributed by atoms with E-state index >= 15 is 0 Å². The van der Waals surface area contributed by atoms with Crippen molar-refractivity contribution in [1.82, 2.24) is 19.7 Å². The molecule has 102 valence electrons. The maximum atomic E-state index is 5.48. The highest BCUT2D eigenvalue weighted by Crippen LogP contribution is 2.38. The van der Waals surface area contributed by atoms with Gasteiger partial charge in [-0.3, -0.25) is 0 Å². The number of aryl methyl sites for hydroxylation is 1. The molecular weight excluding hydrogens is 254 g/mol. The molecule has 1 aromatic carbocycles. The average molecular weight is 269 g/mol. The Morgan fingerprint density at radius 1 is 1.35 bits per heavy atom. The van der Waals surface area contributed by atoms with Gasteiger partial charge in [-0.05, 0) is 38.0 Å². The number of benzene rings is 1. The Hall–Kier alpha value is -2.21. The van der Waals surface area contributed by atoms with Gasteiger partial charge in [0.05, 0.1) is 17.6 Å². The molecule has 0 bridgehead atoms. The fraction of sp³-hybridized carbons (Fsp3) is 0.357. The van der Waals surface area contributed by atoms with Gasteiger partial charge in [0.2, 0.25) is 11.7 Å². The van der Waals surface area contributed by atoms with Gasteiger partial charge in [0.1, 0.15) is 5.82 Å². The summed E-state index contributed by atoms with van der Waals surface area (Å²) < 4.78 is 7.37. The van der Waals surface area contributed by atoms with Gasteiger partial charge in [0.25, 0.3) is 0 Å². The Kier molecular flexibility index (Phi) is 2.40. The average Bonchev–Trinajstić information content (AvgIpc) is 3.06. The van der Waals surface area contributed by atoms with Crippen molar-refractivity contribution in [2.24, 2.45) is 5.73 Å². The van der Waals surface area contributed by atoms with E-state index in [9.17, 15) is 0 Å². The molecule has 0 radical (unpaired) electrons. The normalized spacial score (nSPS) is 15.1. The number of nitrogens with two attached hydrogens (primary N) is 1. The highest BCUT2D eigenvalue weighted by molar-refractivity contribution is 5.81. The van der Waals surface area contributed by atoms with Crippen LogP contribution in [-0.4, -0.2) is 19.7 Å². The number of fused-ring (bicyclic) bond motifs is 1. The van der Waals surface area contributed by atoms with E-state index in [1.807, 2.05) is 12.1 Å². The lowest BCUT2D eigenvalue weighted by molar-refractivity contribution is 0.380. The zero-order valence-corrected chi connectivity index (χ0v) is 11.2. The van der Waals surface area contributed by atoms with Crippen LogP contribution in [0.5, 0.6) is 0 Å². The summed E-state index contributed by atoms with van der Waals surface area (Å²) in [5.41, 5.74) is 8.54. The van der Waals surface area contributed by atoms with E-state index in [0.29, 0.717) is 17.8 Å². The van der Waals surface area contributed by atoms with Gasteiger partial charge in [-0.15, -0.1) is 0 Å². The van der Waals surface area contributed by atoms with E-state index in [1.165, 1.54) is 18.4 Å². The molecular formula is C14H15N5O. The molecule has 0 amide bonds. The number of imidazole rings is 1. The molecule has 0 unspecified atom stereocenters. The number of nitrogens with zero attached hydrogens (tertiary/aromatic N) is 4. The van der Waals surface area contributed by atoms with Gasteiger partial charge in [-0.25, -0.2) is 4.98 Å². The quantitative estimate of drug-likeness (QED) is 0.788. The molecule has 0 spiro atoms. The van der Waals surface area contributed by atoms with Gasteiger partial charge >= 0.3 is 0 Å². The van der Waals surface area contributed by atoms with Crippen LogP contribution in [0, 0.1) is 6.92 Å². The van der Waals surface area contributed by atoms with Crippen molar-refractivity contribution in [2.45, 2.75) is 32.4 Å². The molecule has 20 heavy (non-hydrogen) atoms. The van der Waals surface area contributed by atoms with E-state index in [-0.39, 0.29) is 6.54 Å². The SMILES string of the molecule is Cc1nc2cc(-c3noc(CN)n3)ccc2n1C1CC1. The third kappa shape index (κ3) is 1.72. The second kappa shape index (κ2) is 4.14. The molecule has 0 atom stereocenters. The molecule has 1 aliphatic rings. The van der Waals surface area contributed by atoms with Crippen LogP contribution in [0.25, 0.3) is 22.4 Å². The zero-order valence-electron chi connectivity index (χ0n) is 11.2. The van der Waals surface area contributed by atoms with Gasteiger partial charge in [-0.1, -0.05) is 5.16 Å². The first kappa shape index (κ1) is 11.6. The molecule has 1 aliphatic carbocycles. The molecule has 2 heterocycles. The van der Waals surface area contributed by atoms with Crippen molar-refractivity contribution < 1.29 is 4.52 Å². The first-order valence-electron chi connectivity index (χ1n) is 6.78. The van der Waals surface area contributed by atoms with Crippen molar-refractivity contribution in [3.05, 3.63) is 29.9 Å². The monoisotopic (exact) mass is 269 g/mol. The largest absolute Gasteiger partial charge is 0.338 e. The van der Waals surface area contributed by atoms with E-state index in [1.54, 1.807) is 0 Å². The van der Waals surface area contributed by atoms with Gasteiger partial charge in [-0.2, -0.15) is 4.98 Å². The molecule has 3 aromatic rings. The topological polar surface area (TPSA) is 82.8 Å². The van der Waals surface area contributed by atoms with E-state index in [0.717, 1.165) is 16.9 Å². The second-order valence-corrected chi connectivity index (χ2v) is 5.18. The molecule has 2 N–H and O–H groups in total. The summed E-state index contributed by atoms with van der Waals surface area (Å²) in [7, 11) is 0. The second-order valence-electron chi connectivity index (χ2n) is 5.18. The number of hydrogen-bond donors (Lipinski definition) is 1. The van der Waals surface area contributed by atoms with Crippen molar-refractivity contribution in [1.29, 1.82) is 0 Å². The van der Waals surface area contributed by atoms with Crippen molar-refractivity contribution in [3.63, 3.8) is 0 Å². The van der Waals surface area contributed by atoms with Crippen LogP contribution in [0.4, 0.5) is 0 Å². The molecule has 6 nitrogen and oxygen atoms in total. The van der Waals surface area contributed by atoms with Crippen LogP contribution < -0.4 is 5.73 Å². The molecule has 2 aromatic heterocycles. The Morgan fingerprint density at radius 2 is 2.20 bits per heavy atom. The molecule has 0 saturated heterocycles. The van der Waals surface area contributed by atoms with Crippen LogP contribution in [0.15, 0.2) is 22.7 Å². The van der Waals surface area contributed by atoms with Crippen LogP contribution in [0.3, 0.4) is 0 Å². The summed E-state index contributed by atoms with van der Waals surface area (Å²) in [4.78, 5) is 8.88. The summed E-state index contributed by atoms with van der Waals surface area (Å²) in [6, 6.07) is 6.72. The lowest BCUT2D eigenvalue weighted by Crippen LogP contribution is -1.96. The van der Waals surface area contributed by atoms with Crippen molar-refractivity contribution in [2.75, 3.05) is 0 Å². The fourth-order valence-corrected chi connectivity index (χ4v) is 2.61. The lowest BCUT2D eigenvalue weighted by atomic mass is 10.2. The minimum absolute atomic E-state index is 0.255. The first-order valence-corrected chi connectivity index (χ1v) is 6.78. The minimum atomic E-state index is 0.255. The Labute approximate surface area is 115 Å². The Balaban J connectivity index is 1.82. The first-order chi connectivity index (χ1) is 9.76. The third-order valence-electron chi connectivity index (χ3n) is 3.68. The molecule has 6 heteroatoms. The summed E-state index contributed by atoms with van der Waals surface area (Å²) >= 11 is 0. The van der Waals surface area contributed by atoms with E-state index in [4.69, 9.17) is 10.3 Å². The number of aromatic nitrogens is 4. The van der Waals surface area contributed by atoms with Crippen molar-refractivity contribution in [3.8, 4) is 11.4 Å². The van der Waals surface area contributed by atoms with Gasteiger partial charge in [0, 0.05) is 11.6 Å². The smallest absolute Gasteiger partial charge is 0.240 e. The molecule has 1 saturated carbocycles. The van der Waals surface area contributed by atoms with E-state index in [2.05, 4.69) is 32.7 Å². The maximum absolute atomic E-state index is 5.48. The van der Waals surface area contributed by atoms with Gasteiger partial charge < -0.3 is 14.8 Å². The fourth-order valence-electron chi connectivity index (χ4n) is 2.61. The summed E-state index contributed by atoms with van der Waals surface area (Å²) in [6.07, 6.45) is 2.50. The highest BCUT2D eigenvalue weighted by atomic mass is 16.5. The van der Waals surface area contributed by atoms with Crippen molar-refractivity contribution >= 4 is 11.0 Å². The Morgan fingerprint density at radius 3 is 2.90 bits per heavy atom. The molecule has 1 fully saturated rings.